The number of aryl methyl sites for hydroxylation is 1. The largest absolute Gasteiger partial charge is 0.388 e. The molecule has 1 aromatic carbocycles. The Labute approximate surface area is 198 Å². The van der Waals surface area contributed by atoms with Gasteiger partial charge in [0.25, 0.3) is 0 Å². The maximum atomic E-state index is 11.9. The Bertz CT molecular complexity index is 837. The predicted octanol–water partition coefficient (Wildman–Crippen LogP) is 2.04. The average molecular weight is 460 g/mol. The van der Waals surface area contributed by atoms with Gasteiger partial charge in [-0.1, -0.05) is 12.1 Å². The highest BCUT2D eigenvalue weighted by molar-refractivity contribution is 5.73. The van der Waals surface area contributed by atoms with Crippen LogP contribution < -0.4 is 4.90 Å². The van der Waals surface area contributed by atoms with Crippen LogP contribution >= 0.6 is 0 Å². The monoisotopic (exact) mass is 459 g/mol. The third-order valence-electron chi connectivity index (χ3n) is 8.15. The lowest BCUT2D eigenvalue weighted by atomic mass is 9.81. The lowest BCUT2D eigenvalue weighted by Gasteiger charge is -2.45. The third kappa shape index (κ3) is 5.53. The third-order valence-corrected chi connectivity index (χ3v) is 8.15. The SMILES string of the molecule is CC(=O)N(C)[C@@H]1CO[C@@H]2CCN(CC3(O)CCN(c4cccc(C)c4)CC3)C[C@@H]2C[C@@]1(C)O. The summed E-state index contributed by atoms with van der Waals surface area (Å²) in [6.45, 7) is 9.91. The van der Waals surface area contributed by atoms with Crippen LogP contribution in [0.2, 0.25) is 0 Å². The van der Waals surface area contributed by atoms with E-state index in [0.717, 1.165) is 45.4 Å². The average Bonchev–Trinajstić information content (AvgIpc) is 2.87. The van der Waals surface area contributed by atoms with E-state index in [2.05, 4.69) is 41.0 Å². The molecule has 0 saturated carbocycles. The topological polar surface area (TPSA) is 76.5 Å². The number of amides is 1. The molecular weight excluding hydrogens is 418 g/mol. The van der Waals surface area contributed by atoms with Crippen LogP contribution in [0.5, 0.6) is 0 Å². The van der Waals surface area contributed by atoms with Crippen molar-refractivity contribution in [1.82, 2.24) is 9.80 Å². The number of ether oxygens (including phenoxy) is 1. The van der Waals surface area contributed by atoms with Gasteiger partial charge in [0.1, 0.15) is 0 Å². The second kappa shape index (κ2) is 9.53. The van der Waals surface area contributed by atoms with Gasteiger partial charge in [0.2, 0.25) is 5.91 Å². The number of carbonyl (C=O) groups excluding carboxylic acids is 1. The number of nitrogens with zero attached hydrogens (tertiary/aromatic N) is 3. The molecule has 184 valence electrons. The molecule has 33 heavy (non-hydrogen) atoms. The minimum absolute atomic E-state index is 0.0606. The van der Waals surface area contributed by atoms with Gasteiger partial charge in [-0.3, -0.25) is 4.79 Å². The van der Waals surface area contributed by atoms with Gasteiger partial charge in [0, 0.05) is 58.3 Å². The Hall–Kier alpha value is -1.67. The summed E-state index contributed by atoms with van der Waals surface area (Å²) >= 11 is 0. The first-order valence-electron chi connectivity index (χ1n) is 12.4. The van der Waals surface area contributed by atoms with Gasteiger partial charge in [0.15, 0.2) is 0 Å². The molecule has 4 rings (SSSR count). The van der Waals surface area contributed by atoms with Gasteiger partial charge >= 0.3 is 0 Å². The van der Waals surface area contributed by atoms with Crippen LogP contribution in [0.1, 0.15) is 45.1 Å². The summed E-state index contributed by atoms with van der Waals surface area (Å²) in [6.07, 6.45) is 3.09. The van der Waals surface area contributed by atoms with Crippen LogP contribution in [0.4, 0.5) is 5.69 Å². The lowest BCUT2D eigenvalue weighted by molar-refractivity contribution is -0.138. The van der Waals surface area contributed by atoms with Crippen molar-refractivity contribution in [2.75, 3.05) is 51.3 Å². The molecule has 0 aromatic heterocycles. The number of anilines is 1. The number of piperidine rings is 2. The molecule has 4 atom stereocenters. The number of hydrogen-bond donors (Lipinski definition) is 2. The fourth-order valence-corrected chi connectivity index (χ4v) is 6.03. The highest BCUT2D eigenvalue weighted by Crippen LogP contribution is 2.36. The number of likely N-dealkylation sites (tertiary alicyclic amines) is 1. The maximum absolute atomic E-state index is 11.9. The molecule has 0 aliphatic carbocycles. The van der Waals surface area contributed by atoms with Crippen molar-refractivity contribution in [1.29, 1.82) is 0 Å². The van der Waals surface area contributed by atoms with Crippen LogP contribution in [0.3, 0.4) is 0 Å². The highest BCUT2D eigenvalue weighted by atomic mass is 16.5. The number of rotatable bonds is 4. The molecule has 3 aliphatic heterocycles. The van der Waals surface area contributed by atoms with E-state index >= 15 is 0 Å². The molecule has 0 radical (unpaired) electrons. The molecule has 1 amide bonds. The van der Waals surface area contributed by atoms with E-state index in [-0.39, 0.29) is 24.0 Å². The molecule has 1 aromatic rings. The van der Waals surface area contributed by atoms with E-state index in [9.17, 15) is 15.0 Å². The molecule has 7 heteroatoms. The summed E-state index contributed by atoms with van der Waals surface area (Å²) in [5.74, 6) is 0.129. The molecule has 2 N–H and O–H groups in total. The van der Waals surface area contributed by atoms with E-state index < -0.39 is 11.2 Å². The van der Waals surface area contributed by atoms with Crippen LogP contribution in [0.25, 0.3) is 0 Å². The summed E-state index contributed by atoms with van der Waals surface area (Å²) in [6, 6.07) is 8.23. The number of benzene rings is 1. The summed E-state index contributed by atoms with van der Waals surface area (Å²) in [5.41, 5.74) is 0.813. The molecule has 0 bridgehead atoms. The second-order valence-electron chi connectivity index (χ2n) is 10.9. The maximum Gasteiger partial charge on any atom is 0.219 e. The zero-order valence-electron chi connectivity index (χ0n) is 20.7. The van der Waals surface area contributed by atoms with Crippen molar-refractivity contribution in [2.45, 2.75) is 69.8 Å². The van der Waals surface area contributed by atoms with Crippen LogP contribution in [-0.2, 0) is 9.53 Å². The molecule has 0 spiro atoms. The molecule has 3 fully saturated rings. The molecule has 3 heterocycles. The van der Waals surface area contributed by atoms with E-state index in [1.54, 1.807) is 11.9 Å². The van der Waals surface area contributed by atoms with Crippen molar-refractivity contribution >= 4 is 11.6 Å². The summed E-state index contributed by atoms with van der Waals surface area (Å²) in [4.78, 5) is 18.3. The normalized spacial score (nSPS) is 32.7. The fraction of sp³-hybridized carbons (Fsp3) is 0.731. The van der Waals surface area contributed by atoms with Crippen molar-refractivity contribution in [3.8, 4) is 0 Å². The Balaban J connectivity index is 1.35. The first-order chi connectivity index (χ1) is 15.6. The zero-order valence-corrected chi connectivity index (χ0v) is 20.7. The Morgan fingerprint density at radius 2 is 1.97 bits per heavy atom. The summed E-state index contributed by atoms with van der Waals surface area (Å²) in [7, 11) is 1.74. The predicted molar refractivity (Wildman–Crippen MR) is 129 cm³/mol. The molecule has 3 saturated heterocycles. The van der Waals surface area contributed by atoms with E-state index in [1.807, 2.05) is 6.92 Å². The van der Waals surface area contributed by atoms with Crippen molar-refractivity contribution in [3.05, 3.63) is 29.8 Å². The van der Waals surface area contributed by atoms with Gasteiger partial charge < -0.3 is 29.6 Å². The van der Waals surface area contributed by atoms with Gasteiger partial charge in [-0.2, -0.15) is 0 Å². The number of aliphatic hydroxyl groups is 2. The van der Waals surface area contributed by atoms with Crippen LogP contribution in [0, 0.1) is 12.8 Å². The zero-order chi connectivity index (χ0) is 23.8. The number of hydrogen-bond acceptors (Lipinski definition) is 6. The first kappa shape index (κ1) is 24.5. The van der Waals surface area contributed by atoms with Gasteiger partial charge in [-0.25, -0.2) is 0 Å². The fourth-order valence-electron chi connectivity index (χ4n) is 6.03. The standard InChI is InChI=1S/C26H41N3O4/c1-19-6-5-7-22(14-19)29-12-9-26(32,10-13-29)18-28-11-8-23-21(16-28)15-25(3,31)24(17-33-23)27(4)20(2)30/h5-7,14,21,23-24,31-32H,8-13,15-18H2,1-4H3/t21-,23+,24+,25+/m0/s1. The summed E-state index contributed by atoms with van der Waals surface area (Å²) in [5, 5.41) is 22.6. The number of carbonyl (C=O) groups is 1. The Morgan fingerprint density at radius 3 is 2.64 bits per heavy atom. The van der Waals surface area contributed by atoms with Gasteiger partial charge in [0.05, 0.1) is 30.0 Å². The second-order valence-corrected chi connectivity index (χ2v) is 10.9. The Kier molecular flexibility index (Phi) is 7.06. The molecule has 3 aliphatic rings. The molecule has 0 unspecified atom stereocenters. The summed E-state index contributed by atoms with van der Waals surface area (Å²) < 4.78 is 6.21. The van der Waals surface area contributed by atoms with Crippen molar-refractivity contribution < 1.29 is 19.7 Å². The van der Waals surface area contributed by atoms with Crippen LogP contribution in [0.15, 0.2) is 24.3 Å². The Morgan fingerprint density at radius 1 is 1.24 bits per heavy atom. The van der Waals surface area contributed by atoms with Crippen molar-refractivity contribution in [2.24, 2.45) is 5.92 Å². The number of likely N-dealkylation sites (N-methyl/N-ethyl adjacent to an activating group) is 1. The quantitative estimate of drug-likeness (QED) is 0.718. The van der Waals surface area contributed by atoms with E-state index in [0.29, 0.717) is 19.6 Å². The van der Waals surface area contributed by atoms with Crippen molar-refractivity contribution in [3.63, 3.8) is 0 Å². The van der Waals surface area contributed by atoms with E-state index in [4.69, 9.17) is 4.74 Å². The first-order valence-corrected chi connectivity index (χ1v) is 12.4. The van der Waals surface area contributed by atoms with E-state index in [1.165, 1.54) is 18.2 Å². The smallest absolute Gasteiger partial charge is 0.219 e. The minimum atomic E-state index is -1.00. The minimum Gasteiger partial charge on any atom is -0.388 e. The highest BCUT2D eigenvalue weighted by Gasteiger charge is 2.46. The number of fused-ring (bicyclic) bond motifs is 1. The van der Waals surface area contributed by atoms with Gasteiger partial charge in [-0.15, -0.1) is 0 Å². The lowest BCUT2D eigenvalue weighted by Crippen LogP contribution is -2.55. The number of β-amino-alcohol motifs (C(OH)–C–C–N with tert-alkyl or cyclic N) is 1. The van der Waals surface area contributed by atoms with Gasteiger partial charge in [-0.05, 0) is 57.2 Å². The molecular formula is C26H41N3O4. The van der Waals surface area contributed by atoms with Crippen LogP contribution in [-0.4, -0.2) is 95.6 Å². The molecule has 7 nitrogen and oxygen atoms in total.